The molecule has 1 aromatic rings. The van der Waals surface area contributed by atoms with Gasteiger partial charge < -0.3 is 0 Å². The van der Waals surface area contributed by atoms with Crippen molar-refractivity contribution >= 4 is 39.5 Å². The Labute approximate surface area is 160 Å². The first-order valence-electron chi connectivity index (χ1n) is 9.06. The molecule has 0 aromatic heterocycles. The van der Waals surface area contributed by atoms with Crippen molar-refractivity contribution in [2.24, 2.45) is 5.92 Å². The van der Waals surface area contributed by atoms with Gasteiger partial charge in [-0.1, -0.05) is 6.92 Å². The van der Waals surface area contributed by atoms with Crippen LogP contribution < -0.4 is 0 Å². The Hall–Kier alpha value is 0.777. The number of benzene rings is 1. The van der Waals surface area contributed by atoms with Crippen molar-refractivity contribution in [3.63, 3.8) is 0 Å². The zero-order valence-corrected chi connectivity index (χ0v) is 22.2. The summed E-state index contributed by atoms with van der Waals surface area (Å²) in [4.78, 5) is 12.0. The van der Waals surface area contributed by atoms with Crippen LogP contribution in [0.4, 0.5) is 0 Å². The van der Waals surface area contributed by atoms with Gasteiger partial charge in [-0.05, 0) is 0 Å². The molecular formula is C20H38OSn2. The van der Waals surface area contributed by atoms with E-state index in [0.29, 0.717) is 0 Å². The normalized spacial score (nSPS) is 12.2. The Morgan fingerprint density at radius 1 is 0.957 bits per heavy atom. The van der Waals surface area contributed by atoms with Gasteiger partial charge in [0.05, 0.1) is 0 Å². The summed E-state index contributed by atoms with van der Waals surface area (Å²) in [5, 5.41) is 0. The molecule has 0 aliphatic heterocycles. The molecule has 23 heavy (non-hydrogen) atoms. The third-order valence-corrected chi connectivity index (χ3v) is 7.40. The average molecular weight is 532 g/mol. The van der Waals surface area contributed by atoms with Gasteiger partial charge in [-0.15, -0.1) is 0 Å². The molecule has 1 rings (SSSR count). The van der Waals surface area contributed by atoms with Crippen molar-refractivity contribution in [3.05, 3.63) is 35.4 Å². The Balaban J connectivity index is 0.00000108. The molecule has 0 saturated carbocycles. The topological polar surface area (TPSA) is 9.23 Å². The van der Waals surface area contributed by atoms with Crippen LogP contribution in [0.25, 0.3) is 0 Å². The summed E-state index contributed by atoms with van der Waals surface area (Å²) in [6, 6.07) is 8.96. The molecule has 1 nitrogen and oxygen atoms in total. The molecule has 2 radical (unpaired) electrons. The van der Waals surface area contributed by atoms with Crippen LogP contribution in [0, 0.1) is 5.92 Å². The molecular weight excluding hydrogens is 494 g/mol. The number of rotatable bonds is 9. The van der Waals surface area contributed by atoms with Crippen molar-refractivity contribution in [3.8, 4) is 0 Å². The maximum absolute atomic E-state index is 5.74. The van der Waals surface area contributed by atoms with Crippen LogP contribution >= 0.6 is 0 Å². The van der Waals surface area contributed by atoms with Gasteiger partial charge >= 0.3 is 154 Å². The molecule has 0 aliphatic rings. The summed E-state index contributed by atoms with van der Waals surface area (Å²) >= 11 is -1.42. The molecule has 0 spiro atoms. The molecule has 0 N–H and O–H groups in total. The minimum absolute atomic E-state index is 0.543. The molecule has 0 bridgehead atoms. The van der Waals surface area contributed by atoms with Crippen LogP contribution in [-0.2, 0) is 17.8 Å². The summed E-state index contributed by atoms with van der Waals surface area (Å²) in [6.45, 7) is 6.28. The number of hydrogen-bond acceptors (Lipinski definition) is 1. The van der Waals surface area contributed by atoms with Gasteiger partial charge in [0.1, 0.15) is 0 Å². The van der Waals surface area contributed by atoms with Gasteiger partial charge in [0.25, 0.3) is 0 Å². The van der Waals surface area contributed by atoms with Gasteiger partial charge in [-0.25, -0.2) is 0 Å². The summed E-state index contributed by atoms with van der Waals surface area (Å²) in [5.41, 5.74) is 2.76. The monoisotopic (exact) mass is 534 g/mol. The summed E-state index contributed by atoms with van der Waals surface area (Å²) in [6.07, 6.45) is 3.71. The molecule has 0 saturated heterocycles. The molecule has 1 aromatic carbocycles. The Morgan fingerprint density at radius 3 is 1.96 bits per heavy atom. The predicted octanol–water partition coefficient (Wildman–Crippen LogP) is 6.31. The summed E-state index contributed by atoms with van der Waals surface area (Å²) in [7, 11) is 0. The van der Waals surface area contributed by atoms with E-state index in [9.17, 15) is 0 Å². The molecule has 0 heterocycles. The standard InChI is InChI=1S/C15H23O.5CH3.2Sn/c1-4-10-16-12-15-8-6-14(7-9-15)11-13(3)5-2;;;;;;;/h6-9,13H,1,4-5,10-12H2,2-3H3;5*1H3;;. The summed E-state index contributed by atoms with van der Waals surface area (Å²) < 4.78 is 7.20. The number of hydrogen-bond donors (Lipinski definition) is 0. The van der Waals surface area contributed by atoms with E-state index in [2.05, 4.69) is 62.8 Å². The van der Waals surface area contributed by atoms with Gasteiger partial charge in [0.15, 0.2) is 0 Å². The first kappa shape index (κ1) is 23.8. The van der Waals surface area contributed by atoms with E-state index in [1.807, 2.05) is 0 Å². The van der Waals surface area contributed by atoms with Crippen LogP contribution in [0.3, 0.4) is 0 Å². The van der Waals surface area contributed by atoms with Crippen molar-refractivity contribution in [1.82, 2.24) is 0 Å². The third kappa shape index (κ3) is 16.0. The van der Waals surface area contributed by atoms with Crippen molar-refractivity contribution in [1.29, 1.82) is 0 Å². The van der Waals surface area contributed by atoms with Gasteiger partial charge in [-0.3, -0.25) is 0 Å². The van der Waals surface area contributed by atoms with E-state index >= 15 is 0 Å². The van der Waals surface area contributed by atoms with Gasteiger partial charge in [0.2, 0.25) is 0 Å². The zero-order chi connectivity index (χ0) is 17.7. The fourth-order valence-corrected chi connectivity index (χ4v) is 4.47. The van der Waals surface area contributed by atoms with Crippen molar-refractivity contribution in [2.45, 2.75) is 68.9 Å². The van der Waals surface area contributed by atoms with Gasteiger partial charge in [0, 0.05) is 0 Å². The molecule has 0 amide bonds. The van der Waals surface area contributed by atoms with E-state index in [4.69, 9.17) is 4.74 Å². The third-order valence-electron chi connectivity index (χ3n) is 3.54. The van der Waals surface area contributed by atoms with Crippen LogP contribution in [-0.4, -0.2) is 46.1 Å². The van der Waals surface area contributed by atoms with Crippen LogP contribution in [0.15, 0.2) is 24.3 Å². The maximum atomic E-state index is 5.74. The fraction of sp³-hybridized carbons (Fsp3) is 0.700. The minimum atomic E-state index is -0.879. The second-order valence-electron chi connectivity index (χ2n) is 7.40. The first-order chi connectivity index (χ1) is 10.8. The Kier molecular flexibility index (Phi) is 15.6. The Morgan fingerprint density at radius 2 is 1.48 bits per heavy atom. The predicted molar refractivity (Wildman–Crippen MR) is 110 cm³/mol. The van der Waals surface area contributed by atoms with E-state index in [-0.39, 0.29) is 0 Å². The summed E-state index contributed by atoms with van der Waals surface area (Å²) in [5.74, 6) is 0.782. The quantitative estimate of drug-likeness (QED) is 0.268. The Bertz CT molecular complexity index is 371. The molecule has 1 unspecified atom stereocenters. The second-order valence-corrected chi connectivity index (χ2v) is 24.3. The molecule has 132 valence electrons. The van der Waals surface area contributed by atoms with E-state index in [1.165, 1.54) is 34.8 Å². The number of ether oxygens (including phenoxy) is 1. The van der Waals surface area contributed by atoms with Crippen molar-refractivity contribution in [2.75, 3.05) is 6.61 Å². The fourth-order valence-electron chi connectivity index (χ4n) is 2.04. The van der Waals surface area contributed by atoms with E-state index < -0.39 is 39.5 Å². The molecule has 1 atom stereocenters. The van der Waals surface area contributed by atoms with Crippen molar-refractivity contribution < 1.29 is 4.74 Å². The zero-order valence-electron chi connectivity index (χ0n) is 16.5. The molecule has 0 aliphatic carbocycles. The molecule has 0 fully saturated rings. The van der Waals surface area contributed by atoms with E-state index in [1.54, 1.807) is 0 Å². The van der Waals surface area contributed by atoms with Crippen LogP contribution in [0.5, 0.6) is 0 Å². The van der Waals surface area contributed by atoms with Crippen LogP contribution in [0.1, 0.15) is 37.8 Å². The van der Waals surface area contributed by atoms with Crippen LogP contribution in [0.2, 0.25) is 29.1 Å². The van der Waals surface area contributed by atoms with Gasteiger partial charge in [-0.2, -0.15) is 0 Å². The second kappa shape index (κ2) is 15.1. The van der Waals surface area contributed by atoms with E-state index in [0.717, 1.165) is 19.1 Å². The SMILES string of the molecule is CCC(C)Cc1ccc(COCC[CH2][Sn]([CH3])[CH3])cc1.[CH3][Sn]([CH3])[CH3]. The molecule has 3 heteroatoms. The average Bonchev–Trinajstić information content (AvgIpc) is 2.47. The first-order valence-corrected chi connectivity index (χ1v) is 25.3.